The van der Waals surface area contributed by atoms with Crippen molar-refractivity contribution in [3.05, 3.63) is 54.6 Å². The number of ether oxygens (including phenoxy) is 2. The summed E-state index contributed by atoms with van der Waals surface area (Å²) in [6.07, 6.45) is 0.961. The SMILES string of the molecule is O=C(CN1CCC(NC(=O)[C@@H]2COc3ccccc3O2)CC1)Nc1ccccc1. The molecule has 0 aliphatic carbocycles. The van der Waals surface area contributed by atoms with Crippen LogP contribution >= 0.6 is 0 Å². The van der Waals surface area contributed by atoms with Crippen LogP contribution in [0.4, 0.5) is 5.69 Å². The van der Waals surface area contributed by atoms with E-state index in [1.807, 2.05) is 48.5 Å². The molecule has 7 nitrogen and oxygen atoms in total. The number of piperidine rings is 1. The number of fused-ring (bicyclic) bond motifs is 1. The van der Waals surface area contributed by atoms with Gasteiger partial charge in [0.2, 0.25) is 12.0 Å². The summed E-state index contributed by atoms with van der Waals surface area (Å²) in [5, 5.41) is 5.96. The molecule has 1 atom stereocenters. The van der Waals surface area contributed by atoms with E-state index in [4.69, 9.17) is 9.47 Å². The van der Waals surface area contributed by atoms with Crippen LogP contribution in [0.15, 0.2) is 54.6 Å². The van der Waals surface area contributed by atoms with Crippen molar-refractivity contribution >= 4 is 17.5 Å². The number of nitrogens with one attached hydrogen (secondary N) is 2. The molecule has 0 unspecified atom stereocenters. The summed E-state index contributed by atoms with van der Waals surface area (Å²) in [6, 6.07) is 16.9. The van der Waals surface area contributed by atoms with Crippen molar-refractivity contribution in [1.29, 1.82) is 0 Å². The maximum Gasteiger partial charge on any atom is 0.264 e. The van der Waals surface area contributed by atoms with Crippen LogP contribution in [0.3, 0.4) is 0 Å². The first-order valence-corrected chi connectivity index (χ1v) is 9.93. The predicted octanol–water partition coefficient (Wildman–Crippen LogP) is 2.05. The van der Waals surface area contributed by atoms with E-state index in [1.165, 1.54) is 0 Å². The van der Waals surface area contributed by atoms with Gasteiger partial charge < -0.3 is 20.1 Å². The summed E-state index contributed by atoms with van der Waals surface area (Å²) in [5.74, 6) is 1.08. The van der Waals surface area contributed by atoms with Crippen LogP contribution in [0.2, 0.25) is 0 Å². The highest BCUT2D eigenvalue weighted by Gasteiger charge is 2.30. The highest BCUT2D eigenvalue weighted by molar-refractivity contribution is 5.92. The zero-order valence-electron chi connectivity index (χ0n) is 16.2. The molecule has 2 N–H and O–H groups in total. The van der Waals surface area contributed by atoms with E-state index >= 15 is 0 Å². The van der Waals surface area contributed by atoms with Crippen molar-refractivity contribution in [2.45, 2.75) is 25.0 Å². The monoisotopic (exact) mass is 395 g/mol. The molecule has 1 fully saturated rings. The van der Waals surface area contributed by atoms with Crippen molar-refractivity contribution in [3.8, 4) is 11.5 Å². The number of carbonyl (C=O) groups is 2. The lowest BCUT2D eigenvalue weighted by Gasteiger charge is -2.33. The van der Waals surface area contributed by atoms with Gasteiger partial charge >= 0.3 is 0 Å². The van der Waals surface area contributed by atoms with E-state index in [2.05, 4.69) is 15.5 Å². The van der Waals surface area contributed by atoms with E-state index in [0.29, 0.717) is 18.0 Å². The van der Waals surface area contributed by atoms with E-state index in [1.54, 1.807) is 6.07 Å². The molecule has 0 saturated carbocycles. The van der Waals surface area contributed by atoms with E-state index in [9.17, 15) is 9.59 Å². The van der Waals surface area contributed by atoms with Gasteiger partial charge in [0, 0.05) is 24.8 Å². The number of para-hydroxylation sites is 3. The molecule has 2 aliphatic rings. The quantitative estimate of drug-likeness (QED) is 0.810. The lowest BCUT2D eigenvalue weighted by molar-refractivity contribution is -0.131. The number of hydrogen-bond acceptors (Lipinski definition) is 5. The molecule has 1 saturated heterocycles. The lowest BCUT2D eigenvalue weighted by atomic mass is 10.0. The van der Waals surface area contributed by atoms with Crippen LogP contribution in [0.1, 0.15) is 12.8 Å². The van der Waals surface area contributed by atoms with Gasteiger partial charge in [0.05, 0.1) is 6.54 Å². The zero-order chi connectivity index (χ0) is 20.1. The zero-order valence-corrected chi connectivity index (χ0v) is 16.2. The second-order valence-corrected chi connectivity index (χ2v) is 7.34. The molecule has 0 bridgehead atoms. The molecule has 2 amide bonds. The van der Waals surface area contributed by atoms with Gasteiger partial charge in [-0.15, -0.1) is 0 Å². The third kappa shape index (κ3) is 5.06. The second kappa shape index (κ2) is 8.96. The van der Waals surface area contributed by atoms with Gasteiger partial charge in [-0.3, -0.25) is 14.5 Å². The van der Waals surface area contributed by atoms with E-state index in [-0.39, 0.29) is 24.5 Å². The third-order valence-corrected chi connectivity index (χ3v) is 5.16. The Morgan fingerprint density at radius 1 is 0.966 bits per heavy atom. The molecule has 2 aromatic carbocycles. The number of benzene rings is 2. The Morgan fingerprint density at radius 2 is 1.66 bits per heavy atom. The molecule has 0 radical (unpaired) electrons. The Labute approximate surface area is 170 Å². The van der Waals surface area contributed by atoms with Crippen molar-refractivity contribution < 1.29 is 19.1 Å². The Hall–Kier alpha value is -3.06. The van der Waals surface area contributed by atoms with Crippen molar-refractivity contribution in [2.75, 3.05) is 31.6 Å². The average Bonchev–Trinajstić information content (AvgIpc) is 2.75. The Bertz CT molecular complexity index is 850. The molecule has 29 heavy (non-hydrogen) atoms. The first-order chi connectivity index (χ1) is 14.2. The number of carbonyl (C=O) groups excluding carboxylic acids is 2. The number of rotatable bonds is 5. The van der Waals surface area contributed by atoms with Crippen LogP contribution < -0.4 is 20.1 Å². The number of nitrogens with zero attached hydrogens (tertiary/aromatic N) is 1. The number of likely N-dealkylation sites (tertiary alicyclic amines) is 1. The fourth-order valence-corrected chi connectivity index (χ4v) is 3.60. The van der Waals surface area contributed by atoms with Crippen LogP contribution in [-0.2, 0) is 9.59 Å². The smallest absolute Gasteiger partial charge is 0.264 e. The van der Waals surface area contributed by atoms with Crippen molar-refractivity contribution in [1.82, 2.24) is 10.2 Å². The second-order valence-electron chi connectivity index (χ2n) is 7.34. The molecule has 0 aromatic heterocycles. The molecular formula is C22H25N3O4. The largest absolute Gasteiger partial charge is 0.485 e. The van der Waals surface area contributed by atoms with Gasteiger partial charge in [-0.05, 0) is 37.1 Å². The maximum atomic E-state index is 12.5. The minimum absolute atomic E-state index is 0.0231. The summed E-state index contributed by atoms with van der Waals surface area (Å²) < 4.78 is 11.4. The van der Waals surface area contributed by atoms with Crippen molar-refractivity contribution in [2.24, 2.45) is 0 Å². The van der Waals surface area contributed by atoms with Crippen molar-refractivity contribution in [3.63, 3.8) is 0 Å². The summed E-state index contributed by atoms with van der Waals surface area (Å²) in [5.41, 5.74) is 0.802. The normalized spacial score (nSPS) is 19.4. The molecule has 7 heteroatoms. The molecule has 152 valence electrons. The minimum Gasteiger partial charge on any atom is -0.485 e. The molecule has 2 heterocycles. The fraction of sp³-hybridized carbons (Fsp3) is 0.364. The van der Waals surface area contributed by atoms with Gasteiger partial charge in [-0.1, -0.05) is 30.3 Å². The van der Waals surface area contributed by atoms with Crippen LogP contribution in [0, 0.1) is 0 Å². The summed E-state index contributed by atoms with van der Waals surface area (Å²) >= 11 is 0. The van der Waals surface area contributed by atoms with Crippen LogP contribution in [-0.4, -0.2) is 55.1 Å². The first kappa shape index (κ1) is 19.3. The number of amides is 2. The fourth-order valence-electron chi connectivity index (χ4n) is 3.60. The molecule has 4 rings (SSSR count). The van der Waals surface area contributed by atoms with E-state index < -0.39 is 6.10 Å². The minimum atomic E-state index is -0.639. The standard InChI is InChI=1S/C22H25N3O4/c26-21(23-16-6-2-1-3-7-16)14-25-12-10-17(11-13-25)24-22(27)20-15-28-18-8-4-5-9-19(18)29-20/h1-9,17,20H,10-15H2,(H,23,26)(H,24,27)/t20-/m0/s1. The Balaban J connectivity index is 1.20. The maximum absolute atomic E-state index is 12.5. The Kier molecular flexibility index (Phi) is 5.95. The van der Waals surface area contributed by atoms with E-state index in [0.717, 1.165) is 31.6 Å². The van der Waals surface area contributed by atoms with Gasteiger partial charge in [0.25, 0.3) is 5.91 Å². The summed E-state index contributed by atoms with van der Waals surface area (Å²) in [7, 11) is 0. The summed E-state index contributed by atoms with van der Waals surface area (Å²) in [4.78, 5) is 26.8. The average molecular weight is 395 g/mol. The highest BCUT2D eigenvalue weighted by Crippen LogP contribution is 2.30. The van der Waals surface area contributed by atoms with Gasteiger partial charge in [-0.25, -0.2) is 0 Å². The molecule has 2 aliphatic heterocycles. The topological polar surface area (TPSA) is 79.9 Å². The third-order valence-electron chi connectivity index (χ3n) is 5.16. The first-order valence-electron chi connectivity index (χ1n) is 9.93. The van der Waals surface area contributed by atoms with Gasteiger partial charge in [0.1, 0.15) is 6.61 Å². The highest BCUT2D eigenvalue weighted by atomic mass is 16.6. The van der Waals surface area contributed by atoms with Gasteiger partial charge in [0.15, 0.2) is 11.5 Å². The van der Waals surface area contributed by atoms with Crippen LogP contribution in [0.25, 0.3) is 0 Å². The molecular weight excluding hydrogens is 370 g/mol. The molecule has 0 spiro atoms. The molecule has 2 aromatic rings. The Morgan fingerprint density at radius 3 is 2.41 bits per heavy atom. The summed E-state index contributed by atoms with van der Waals surface area (Å²) in [6.45, 7) is 2.09. The lowest BCUT2D eigenvalue weighted by Crippen LogP contribution is -2.51. The predicted molar refractivity (Wildman–Crippen MR) is 109 cm³/mol. The van der Waals surface area contributed by atoms with Gasteiger partial charge in [-0.2, -0.15) is 0 Å². The number of hydrogen-bond donors (Lipinski definition) is 2. The number of anilines is 1. The van der Waals surface area contributed by atoms with Crippen LogP contribution in [0.5, 0.6) is 11.5 Å².